The molecule has 0 saturated carbocycles. The number of thiazole rings is 1. The Morgan fingerprint density at radius 3 is 2.44 bits per heavy atom. The fourth-order valence-electron chi connectivity index (χ4n) is 3.69. The Kier molecular flexibility index (Phi) is 5.65. The Balaban J connectivity index is 1.33. The van der Waals surface area contributed by atoms with Crippen LogP contribution >= 0.6 is 11.3 Å². The number of para-hydroxylation sites is 1. The molecule has 0 aliphatic rings. The number of rotatable bonds is 5. The monoisotopic (exact) mass is 467 g/mol. The van der Waals surface area contributed by atoms with Gasteiger partial charge < -0.3 is 15.6 Å². The van der Waals surface area contributed by atoms with Crippen molar-refractivity contribution in [1.82, 2.24) is 15.0 Å². The second-order valence-electron chi connectivity index (χ2n) is 7.88. The number of aromatic nitrogens is 3. The van der Waals surface area contributed by atoms with E-state index >= 15 is 0 Å². The highest BCUT2D eigenvalue weighted by molar-refractivity contribution is 7.17. The van der Waals surface area contributed by atoms with Gasteiger partial charge in [-0.3, -0.25) is 9.59 Å². The lowest BCUT2D eigenvalue weighted by Crippen LogP contribution is -2.10. The van der Waals surface area contributed by atoms with Crippen molar-refractivity contribution in [2.45, 2.75) is 13.8 Å². The molecule has 2 amide bonds. The van der Waals surface area contributed by atoms with Crippen LogP contribution in [0.25, 0.3) is 33.5 Å². The smallest absolute Gasteiger partial charge is 0.267 e. The summed E-state index contributed by atoms with van der Waals surface area (Å²) in [5.74, 6) is 0.331. The van der Waals surface area contributed by atoms with Crippen molar-refractivity contribution in [3.63, 3.8) is 0 Å². The SMILES string of the molecule is CC(=O)Nc1ncc(C(=O)Nc2cccc(-c3ccc(-c4nc5c(C)cccc5[nH]4)cc3)c2)s1. The maximum atomic E-state index is 12.6. The molecule has 2 aromatic heterocycles. The molecule has 3 aromatic carbocycles. The molecule has 0 fully saturated rings. The Bertz CT molecular complexity index is 1520. The highest BCUT2D eigenvalue weighted by atomic mass is 32.1. The van der Waals surface area contributed by atoms with E-state index in [9.17, 15) is 9.59 Å². The van der Waals surface area contributed by atoms with E-state index < -0.39 is 0 Å². The highest BCUT2D eigenvalue weighted by Crippen LogP contribution is 2.28. The number of aromatic amines is 1. The van der Waals surface area contributed by atoms with E-state index in [1.807, 2.05) is 60.7 Å². The van der Waals surface area contributed by atoms with Gasteiger partial charge in [-0.1, -0.05) is 59.9 Å². The zero-order valence-corrected chi connectivity index (χ0v) is 19.4. The molecule has 0 bridgehead atoms. The maximum Gasteiger partial charge on any atom is 0.267 e. The van der Waals surface area contributed by atoms with Crippen LogP contribution in [0.5, 0.6) is 0 Å². The summed E-state index contributed by atoms with van der Waals surface area (Å²) in [4.78, 5) is 36.4. The second-order valence-corrected chi connectivity index (χ2v) is 8.91. The first kappa shape index (κ1) is 21.5. The summed E-state index contributed by atoms with van der Waals surface area (Å²) >= 11 is 1.13. The zero-order valence-electron chi connectivity index (χ0n) is 18.5. The lowest BCUT2D eigenvalue weighted by Gasteiger charge is -2.07. The lowest BCUT2D eigenvalue weighted by molar-refractivity contribution is -0.114. The number of H-pyrrole nitrogens is 1. The van der Waals surface area contributed by atoms with Crippen LogP contribution in [-0.2, 0) is 4.79 Å². The lowest BCUT2D eigenvalue weighted by atomic mass is 10.0. The van der Waals surface area contributed by atoms with Gasteiger partial charge in [0.05, 0.1) is 17.2 Å². The molecule has 0 spiro atoms. The molecule has 8 heteroatoms. The van der Waals surface area contributed by atoms with Crippen molar-refractivity contribution in [1.29, 1.82) is 0 Å². The number of aryl methyl sites for hydroxylation is 1. The molecule has 34 heavy (non-hydrogen) atoms. The summed E-state index contributed by atoms with van der Waals surface area (Å²) in [6.45, 7) is 3.45. The third kappa shape index (κ3) is 4.44. The van der Waals surface area contributed by atoms with E-state index in [4.69, 9.17) is 4.98 Å². The summed E-state index contributed by atoms with van der Waals surface area (Å²) in [7, 11) is 0. The Morgan fingerprint density at radius 2 is 1.68 bits per heavy atom. The number of benzene rings is 3. The van der Waals surface area contributed by atoms with Gasteiger partial charge in [0.25, 0.3) is 5.91 Å². The molecule has 0 aliphatic carbocycles. The average molecular weight is 468 g/mol. The van der Waals surface area contributed by atoms with Gasteiger partial charge in [0.15, 0.2) is 5.13 Å². The Labute approximate surface area is 199 Å². The van der Waals surface area contributed by atoms with Gasteiger partial charge in [-0.15, -0.1) is 0 Å². The molecular weight excluding hydrogens is 446 g/mol. The fourth-order valence-corrected chi connectivity index (χ4v) is 4.45. The van der Waals surface area contributed by atoms with Crippen LogP contribution in [0.15, 0.2) is 72.9 Å². The average Bonchev–Trinajstić information content (AvgIpc) is 3.47. The van der Waals surface area contributed by atoms with Gasteiger partial charge in [-0.25, -0.2) is 9.97 Å². The molecule has 0 radical (unpaired) electrons. The van der Waals surface area contributed by atoms with Crippen LogP contribution in [0.1, 0.15) is 22.2 Å². The zero-order chi connectivity index (χ0) is 23.7. The number of fused-ring (bicyclic) bond motifs is 1. The van der Waals surface area contributed by atoms with Crippen molar-refractivity contribution in [3.8, 4) is 22.5 Å². The number of carbonyl (C=O) groups excluding carboxylic acids is 2. The van der Waals surface area contributed by atoms with Gasteiger partial charge in [0.2, 0.25) is 5.91 Å². The van der Waals surface area contributed by atoms with E-state index in [1.54, 1.807) is 0 Å². The van der Waals surface area contributed by atoms with Crippen molar-refractivity contribution in [2.75, 3.05) is 10.6 Å². The van der Waals surface area contributed by atoms with E-state index in [2.05, 4.69) is 33.6 Å². The summed E-state index contributed by atoms with van der Waals surface area (Å²) < 4.78 is 0. The standard InChI is InChI=1S/C26H21N5O2S/c1-15-5-3-8-21-23(15)31-24(30-21)18-11-9-17(10-12-18)19-6-4-7-20(13-19)29-25(33)22-14-27-26(34-22)28-16(2)32/h3-14H,1-2H3,(H,29,33)(H,30,31)(H,27,28,32). The van der Waals surface area contributed by atoms with E-state index in [0.29, 0.717) is 15.7 Å². The van der Waals surface area contributed by atoms with Crippen molar-refractivity contribution < 1.29 is 9.59 Å². The third-order valence-electron chi connectivity index (χ3n) is 5.34. The number of imidazole rings is 1. The highest BCUT2D eigenvalue weighted by Gasteiger charge is 2.12. The van der Waals surface area contributed by atoms with Crippen LogP contribution in [0.3, 0.4) is 0 Å². The van der Waals surface area contributed by atoms with Gasteiger partial charge in [-0.05, 0) is 41.8 Å². The quantitative estimate of drug-likeness (QED) is 0.301. The topological polar surface area (TPSA) is 99.8 Å². The molecule has 5 aromatic rings. The largest absolute Gasteiger partial charge is 0.338 e. The van der Waals surface area contributed by atoms with Crippen molar-refractivity contribution >= 4 is 45.0 Å². The van der Waals surface area contributed by atoms with Crippen LogP contribution in [0.4, 0.5) is 10.8 Å². The molecule has 7 nitrogen and oxygen atoms in total. The van der Waals surface area contributed by atoms with Gasteiger partial charge in [-0.2, -0.15) is 0 Å². The van der Waals surface area contributed by atoms with Gasteiger partial charge >= 0.3 is 0 Å². The normalized spacial score (nSPS) is 10.9. The van der Waals surface area contributed by atoms with Gasteiger partial charge in [0, 0.05) is 18.2 Å². The molecule has 3 N–H and O–H groups in total. The predicted octanol–water partition coefficient (Wildman–Crippen LogP) is 5.87. The second kappa shape index (κ2) is 8.92. The minimum absolute atomic E-state index is 0.226. The number of carbonyl (C=O) groups is 2. The number of nitrogens with one attached hydrogen (secondary N) is 3. The first-order chi connectivity index (χ1) is 16.5. The molecular formula is C26H21N5O2S. The summed E-state index contributed by atoms with van der Waals surface area (Å²) in [5.41, 5.74) is 6.83. The number of nitrogens with zero attached hydrogens (tertiary/aromatic N) is 2. The summed E-state index contributed by atoms with van der Waals surface area (Å²) in [6.07, 6.45) is 1.45. The van der Waals surface area contributed by atoms with Gasteiger partial charge in [0.1, 0.15) is 10.7 Å². The number of hydrogen-bond acceptors (Lipinski definition) is 5. The fraction of sp³-hybridized carbons (Fsp3) is 0.0769. The molecule has 0 unspecified atom stereocenters. The number of amides is 2. The van der Waals surface area contributed by atoms with Crippen molar-refractivity contribution in [2.24, 2.45) is 0 Å². The molecule has 0 atom stereocenters. The summed E-state index contributed by atoms with van der Waals surface area (Å²) in [6, 6.07) is 21.9. The minimum Gasteiger partial charge on any atom is -0.338 e. The molecule has 0 aliphatic heterocycles. The first-order valence-electron chi connectivity index (χ1n) is 10.7. The molecule has 0 saturated heterocycles. The molecule has 168 valence electrons. The Morgan fingerprint density at radius 1 is 0.912 bits per heavy atom. The van der Waals surface area contributed by atoms with E-state index in [0.717, 1.165) is 50.4 Å². The van der Waals surface area contributed by atoms with Crippen LogP contribution in [0, 0.1) is 6.92 Å². The number of hydrogen-bond donors (Lipinski definition) is 3. The molecule has 2 heterocycles. The Hall–Kier alpha value is -4.30. The van der Waals surface area contributed by atoms with Crippen LogP contribution in [-0.4, -0.2) is 26.8 Å². The van der Waals surface area contributed by atoms with E-state index in [-0.39, 0.29) is 11.8 Å². The number of anilines is 2. The molecule has 5 rings (SSSR count). The predicted molar refractivity (Wildman–Crippen MR) is 136 cm³/mol. The maximum absolute atomic E-state index is 12.6. The van der Waals surface area contributed by atoms with Crippen LogP contribution < -0.4 is 10.6 Å². The van der Waals surface area contributed by atoms with Crippen molar-refractivity contribution in [3.05, 3.63) is 83.4 Å². The summed E-state index contributed by atoms with van der Waals surface area (Å²) in [5, 5.41) is 5.87. The van der Waals surface area contributed by atoms with E-state index in [1.165, 1.54) is 13.1 Å². The van der Waals surface area contributed by atoms with Crippen LogP contribution in [0.2, 0.25) is 0 Å². The third-order valence-corrected chi connectivity index (χ3v) is 6.25. The minimum atomic E-state index is -0.276. The first-order valence-corrected chi connectivity index (χ1v) is 11.5.